The second kappa shape index (κ2) is 6.52. The molecule has 1 saturated heterocycles. The lowest BCUT2D eigenvalue weighted by atomic mass is 10.0. The fourth-order valence-corrected chi connectivity index (χ4v) is 5.59. The third-order valence-electron chi connectivity index (χ3n) is 4.51. The highest BCUT2D eigenvalue weighted by Gasteiger charge is 2.46. The molecule has 0 radical (unpaired) electrons. The summed E-state index contributed by atoms with van der Waals surface area (Å²) < 4.78 is 7.98. The Hall–Kier alpha value is -1.18. The fourth-order valence-electron chi connectivity index (χ4n) is 3.53. The Kier molecular flexibility index (Phi) is 4.85. The zero-order valence-electron chi connectivity index (χ0n) is 14.6. The van der Waals surface area contributed by atoms with Crippen molar-refractivity contribution in [3.63, 3.8) is 0 Å². The molecule has 2 aromatic heterocycles. The first kappa shape index (κ1) is 18.6. The quantitative estimate of drug-likeness (QED) is 0.471. The van der Waals surface area contributed by atoms with Crippen molar-refractivity contribution in [2.75, 3.05) is 25.2 Å². The Labute approximate surface area is 151 Å². The first-order chi connectivity index (χ1) is 11.6. The number of H-pyrrole nitrogens is 1. The van der Waals surface area contributed by atoms with Gasteiger partial charge in [-0.15, -0.1) is 13.2 Å². The number of rotatable bonds is 4. The SMILES string of the molecule is C=P(C)(C)CC(C)[C@H]1O[C@@H](n2c(=S)[nH]c3c(N)ccnc32)[C@H](O)[C@@H]1O. The van der Waals surface area contributed by atoms with Gasteiger partial charge in [0.2, 0.25) is 0 Å². The van der Waals surface area contributed by atoms with Crippen LogP contribution in [0.15, 0.2) is 12.3 Å². The molecule has 3 heterocycles. The van der Waals surface area contributed by atoms with Crippen LogP contribution < -0.4 is 5.73 Å². The lowest BCUT2D eigenvalue weighted by Crippen LogP contribution is -2.36. The number of hydrogen-bond acceptors (Lipinski definition) is 6. The number of aromatic nitrogens is 3. The van der Waals surface area contributed by atoms with Crippen LogP contribution in [0.4, 0.5) is 5.69 Å². The topological polar surface area (TPSA) is 109 Å². The monoisotopic (exact) mass is 384 g/mol. The number of nitrogens with two attached hydrogens (primary N) is 1. The first-order valence-electron chi connectivity index (χ1n) is 8.14. The molecule has 25 heavy (non-hydrogen) atoms. The number of nitrogen functional groups attached to an aromatic ring is 1. The van der Waals surface area contributed by atoms with Gasteiger partial charge in [-0.1, -0.05) is 6.92 Å². The number of pyridine rings is 1. The maximum absolute atomic E-state index is 10.6. The van der Waals surface area contributed by atoms with Gasteiger partial charge in [0, 0.05) is 6.20 Å². The Bertz CT molecular complexity index is 889. The second-order valence-electron chi connectivity index (χ2n) is 7.47. The van der Waals surface area contributed by atoms with E-state index in [1.165, 1.54) is 0 Å². The molecule has 9 heteroatoms. The van der Waals surface area contributed by atoms with Gasteiger partial charge in [-0.05, 0) is 43.7 Å². The molecule has 0 spiro atoms. The zero-order valence-corrected chi connectivity index (χ0v) is 16.3. The maximum Gasteiger partial charge on any atom is 0.181 e. The minimum atomic E-state index is -1.29. The van der Waals surface area contributed by atoms with E-state index < -0.39 is 31.4 Å². The van der Waals surface area contributed by atoms with Crippen LogP contribution in [0.1, 0.15) is 13.2 Å². The average molecular weight is 384 g/mol. The van der Waals surface area contributed by atoms with E-state index in [-0.39, 0.29) is 5.92 Å². The fraction of sp³-hybridized carbons (Fsp3) is 0.562. The number of ether oxygens (including phenoxy) is 1. The molecule has 5 atom stereocenters. The minimum absolute atomic E-state index is 0.0629. The largest absolute Gasteiger partial charge is 0.397 e. The van der Waals surface area contributed by atoms with Crippen molar-refractivity contribution in [3.8, 4) is 0 Å². The summed E-state index contributed by atoms with van der Waals surface area (Å²) in [4.78, 5) is 7.31. The third kappa shape index (κ3) is 3.41. The summed E-state index contributed by atoms with van der Waals surface area (Å²) in [6.07, 6.45) is 3.24. The van der Waals surface area contributed by atoms with E-state index in [2.05, 4.69) is 29.6 Å². The maximum atomic E-state index is 10.6. The molecule has 2 aromatic rings. The number of aliphatic hydroxyl groups excluding tert-OH is 2. The van der Waals surface area contributed by atoms with Gasteiger partial charge in [0.05, 0.1) is 11.8 Å². The van der Waals surface area contributed by atoms with Crippen molar-refractivity contribution in [3.05, 3.63) is 17.0 Å². The predicted molar refractivity (Wildman–Crippen MR) is 105 cm³/mol. The van der Waals surface area contributed by atoms with Crippen molar-refractivity contribution < 1.29 is 14.9 Å². The van der Waals surface area contributed by atoms with Gasteiger partial charge in [-0.3, -0.25) is 4.57 Å². The van der Waals surface area contributed by atoms with Gasteiger partial charge in [0.15, 0.2) is 16.6 Å². The smallest absolute Gasteiger partial charge is 0.181 e. The summed E-state index contributed by atoms with van der Waals surface area (Å²) in [5.74, 6) is 0.0629. The van der Waals surface area contributed by atoms with Gasteiger partial charge in [0.1, 0.15) is 17.7 Å². The minimum Gasteiger partial charge on any atom is -0.397 e. The number of nitrogens with zero attached hydrogens (tertiary/aromatic N) is 2. The molecular formula is C16H25N4O3PS. The summed E-state index contributed by atoms with van der Waals surface area (Å²) in [5, 5.41) is 21.1. The number of aromatic amines is 1. The van der Waals surface area contributed by atoms with Crippen LogP contribution in [0.5, 0.6) is 0 Å². The summed E-state index contributed by atoms with van der Waals surface area (Å²) in [6, 6.07) is 1.67. The highest BCUT2D eigenvalue weighted by molar-refractivity contribution is 7.72. The Morgan fingerprint density at radius 2 is 2.16 bits per heavy atom. The Morgan fingerprint density at radius 3 is 2.80 bits per heavy atom. The molecule has 0 bridgehead atoms. The summed E-state index contributed by atoms with van der Waals surface area (Å²) >= 11 is 5.37. The van der Waals surface area contributed by atoms with E-state index in [9.17, 15) is 10.2 Å². The van der Waals surface area contributed by atoms with Crippen LogP contribution in [0.3, 0.4) is 0 Å². The van der Waals surface area contributed by atoms with Crippen LogP contribution in [0.25, 0.3) is 11.2 Å². The number of aliphatic hydroxyl groups is 2. The number of anilines is 1. The standard InChI is InChI=1S/C16H25N4O3PS/c1-8(7-24(2,3)4)13-11(21)12(22)15(23-13)20-14-10(19-16(20)25)9(17)5-6-18-14/h5-6,8,11-13,15,21-22H,2,7H2,1,3-4H3,(H2,17,18)(H,19,25)/t8?,11-,12+,13+,15+/m0/s1. The van der Waals surface area contributed by atoms with E-state index in [0.717, 1.165) is 6.16 Å². The highest BCUT2D eigenvalue weighted by atomic mass is 32.1. The van der Waals surface area contributed by atoms with Gasteiger partial charge < -0.3 is 25.7 Å². The van der Waals surface area contributed by atoms with E-state index in [1.54, 1.807) is 16.8 Å². The normalized spacial score (nSPS) is 28.5. The van der Waals surface area contributed by atoms with Crippen LogP contribution in [-0.2, 0) is 4.74 Å². The van der Waals surface area contributed by atoms with Gasteiger partial charge >= 0.3 is 0 Å². The molecule has 3 rings (SSSR count). The summed E-state index contributed by atoms with van der Waals surface area (Å²) in [7, 11) is 0. The van der Waals surface area contributed by atoms with Crippen molar-refractivity contribution in [2.24, 2.45) is 5.92 Å². The Balaban J connectivity index is 1.97. The van der Waals surface area contributed by atoms with Crippen LogP contribution in [-0.4, -0.2) is 68.9 Å². The van der Waals surface area contributed by atoms with Gasteiger partial charge in [-0.25, -0.2) is 4.98 Å². The number of fused-ring (bicyclic) bond motifs is 1. The predicted octanol–water partition coefficient (Wildman–Crippen LogP) is 1.64. The van der Waals surface area contributed by atoms with Gasteiger partial charge in [-0.2, -0.15) is 0 Å². The Morgan fingerprint density at radius 1 is 1.48 bits per heavy atom. The lowest BCUT2D eigenvalue weighted by Gasteiger charge is -2.26. The lowest BCUT2D eigenvalue weighted by molar-refractivity contribution is -0.0493. The molecular weight excluding hydrogens is 359 g/mol. The highest BCUT2D eigenvalue weighted by Crippen LogP contribution is 2.42. The summed E-state index contributed by atoms with van der Waals surface area (Å²) in [6.45, 7) is 5.00. The molecule has 1 unspecified atom stereocenters. The molecule has 5 N–H and O–H groups in total. The number of imidazole rings is 1. The molecule has 0 amide bonds. The molecule has 7 nitrogen and oxygen atoms in total. The van der Waals surface area contributed by atoms with E-state index in [1.807, 2.05) is 6.92 Å². The molecule has 0 saturated carbocycles. The van der Waals surface area contributed by atoms with Crippen LogP contribution >= 0.6 is 19.1 Å². The first-order valence-corrected chi connectivity index (χ1v) is 11.6. The van der Waals surface area contributed by atoms with Crippen LogP contribution in [0.2, 0.25) is 0 Å². The van der Waals surface area contributed by atoms with Crippen molar-refractivity contribution in [2.45, 2.75) is 31.5 Å². The number of nitrogens with one attached hydrogen (secondary N) is 1. The van der Waals surface area contributed by atoms with E-state index in [4.69, 9.17) is 22.7 Å². The average Bonchev–Trinajstić information content (AvgIpc) is 2.97. The number of hydrogen-bond donors (Lipinski definition) is 4. The van der Waals surface area contributed by atoms with Crippen molar-refractivity contribution >= 4 is 42.3 Å². The molecule has 0 aromatic carbocycles. The molecule has 0 aliphatic carbocycles. The molecule has 138 valence electrons. The molecule has 1 aliphatic rings. The molecule has 1 aliphatic heterocycles. The van der Waals surface area contributed by atoms with Crippen LogP contribution in [0, 0.1) is 10.7 Å². The second-order valence-corrected chi connectivity index (χ2v) is 12.1. The molecule has 1 fully saturated rings. The third-order valence-corrected chi connectivity index (χ3v) is 6.38. The van der Waals surface area contributed by atoms with Gasteiger partial charge in [0.25, 0.3) is 0 Å². The van der Waals surface area contributed by atoms with Crippen molar-refractivity contribution in [1.29, 1.82) is 0 Å². The summed E-state index contributed by atoms with van der Waals surface area (Å²) in [5.41, 5.74) is 7.56. The van der Waals surface area contributed by atoms with E-state index >= 15 is 0 Å². The van der Waals surface area contributed by atoms with Crippen molar-refractivity contribution in [1.82, 2.24) is 14.5 Å². The van der Waals surface area contributed by atoms with E-state index in [0.29, 0.717) is 21.6 Å². The zero-order chi connectivity index (χ0) is 18.5.